The van der Waals surface area contributed by atoms with Crippen molar-refractivity contribution >= 4 is 11.9 Å². The SMILES string of the molecule is CO[C@]1(C)OC[C@@](CC(=O)OC(C)C)(C(=O)OC(C)C)O[C@@]1(C)OC. The Bertz CT molecular complexity index is 491. The van der Waals surface area contributed by atoms with Gasteiger partial charge in [0.2, 0.25) is 17.2 Å². The Labute approximate surface area is 149 Å². The molecular formula is C17H30O8. The molecule has 0 bridgehead atoms. The molecule has 3 atom stereocenters. The molecule has 0 aromatic rings. The number of hydrogen-bond acceptors (Lipinski definition) is 8. The number of rotatable bonds is 7. The van der Waals surface area contributed by atoms with Crippen LogP contribution in [0.2, 0.25) is 0 Å². The summed E-state index contributed by atoms with van der Waals surface area (Å²) in [5.74, 6) is -4.04. The van der Waals surface area contributed by atoms with Gasteiger partial charge in [-0.1, -0.05) is 0 Å². The molecule has 0 N–H and O–H groups in total. The van der Waals surface area contributed by atoms with Gasteiger partial charge in [0, 0.05) is 14.2 Å². The lowest BCUT2D eigenvalue weighted by molar-refractivity contribution is -0.446. The first kappa shape index (κ1) is 21.8. The van der Waals surface area contributed by atoms with Gasteiger partial charge < -0.3 is 28.4 Å². The lowest BCUT2D eigenvalue weighted by atomic mass is 9.95. The summed E-state index contributed by atoms with van der Waals surface area (Å²) in [5.41, 5.74) is -1.70. The van der Waals surface area contributed by atoms with Crippen LogP contribution in [0.1, 0.15) is 48.0 Å². The van der Waals surface area contributed by atoms with E-state index in [9.17, 15) is 9.59 Å². The summed E-state index contributed by atoms with van der Waals surface area (Å²) in [4.78, 5) is 24.9. The molecule has 0 saturated carbocycles. The second-order valence-corrected chi connectivity index (χ2v) is 6.85. The smallest absolute Gasteiger partial charge is 0.341 e. The first-order chi connectivity index (χ1) is 11.4. The first-order valence-corrected chi connectivity index (χ1v) is 8.28. The van der Waals surface area contributed by atoms with Crippen LogP contribution in [0.3, 0.4) is 0 Å². The number of esters is 2. The van der Waals surface area contributed by atoms with E-state index in [4.69, 9.17) is 28.4 Å². The molecule has 1 aliphatic rings. The van der Waals surface area contributed by atoms with E-state index in [0.29, 0.717) is 0 Å². The van der Waals surface area contributed by atoms with Crippen LogP contribution in [-0.4, -0.2) is 62.1 Å². The molecule has 1 aliphatic heterocycles. The third kappa shape index (κ3) is 4.69. The Morgan fingerprint density at radius 2 is 1.48 bits per heavy atom. The lowest BCUT2D eigenvalue weighted by Crippen LogP contribution is -2.69. The fourth-order valence-electron chi connectivity index (χ4n) is 2.47. The summed E-state index contributed by atoms with van der Waals surface area (Å²) in [6.45, 7) is 9.80. The second-order valence-electron chi connectivity index (χ2n) is 6.85. The van der Waals surface area contributed by atoms with E-state index in [0.717, 1.165) is 0 Å². The summed E-state index contributed by atoms with van der Waals surface area (Å²) in [5, 5.41) is 0. The third-order valence-electron chi connectivity index (χ3n) is 4.09. The van der Waals surface area contributed by atoms with Gasteiger partial charge in [0.1, 0.15) is 0 Å². The third-order valence-corrected chi connectivity index (χ3v) is 4.09. The van der Waals surface area contributed by atoms with Crippen LogP contribution < -0.4 is 0 Å². The zero-order valence-corrected chi connectivity index (χ0v) is 16.3. The minimum absolute atomic E-state index is 0.241. The topological polar surface area (TPSA) is 89.5 Å². The van der Waals surface area contributed by atoms with E-state index in [-0.39, 0.29) is 19.1 Å². The summed E-state index contributed by atoms with van der Waals surface area (Å²) in [6.07, 6.45) is -1.08. The second kappa shape index (κ2) is 7.99. The van der Waals surface area contributed by atoms with E-state index in [1.54, 1.807) is 41.5 Å². The highest BCUT2D eigenvalue weighted by Gasteiger charge is 2.62. The van der Waals surface area contributed by atoms with Gasteiger partial charge in [-0.05, 0) is 41.5 Å². The molecule has 25 heavy (non-hydrogen) atoms. The first-order valence-electron chi connectivity index (χ1n) is 8.28. The van der Waals surface area contributed by atoms with Crippen LogP contribution in [0.4, 0.5) is 0 Å². The van der Waals surface area contributed by atoms with Crippen molar-refractivity contribution < 1.29 is 38.0 Å². The molecule has 1 heterocycles. The molecule has 0 spiro atoms. The van der Waals surface area contributed by atoms with Gasteiger partial charge in [0.25, 0.3) is 0 Å². The standard InChI is InChI=1S/C17H30O8/c1-11(2)23-13(18)9-17(14(19)24-12(3)4)10-22-15(5,20-7)16(6,21-8)25-17/h11-12H,9-10H2,1-8H3/t15-,16-,17+/m1/s1. The summed E-state index contributed by atoms with van der Waals surface area (Å²) >= 11 is 0. The Balaban J connectivity index is 3.20. The molecule has 0 aliphatic carbocycles. The number of hydrogen-bond donors (Lipinski definition) is 0. The molecule has 0 aromatic carbocycles. The zero-order chi connectivity index (χ0) is 19.5. The van der Waals surface area contributed by atoms with E-state index in [1.807, 2.05) is 0 Å². The van der Waals surface area contributed by atoms with Crippen molar-refractivity contribution in [3.63, 3.8) is 0 Å². The van der Waals surface area contributed by atoms with E-state index in [1.165, 1.54) is 14.2 Å². The maximum atomic E-state index is 12.7. The van der Waals surface area contributed by atoms with E-state index in [2.05, 4.69) is 0 Å². The van der Waals surface area contributed by atoms with Crippen molar-refractivity contribution in [2.45, 2.75) is 77.3 Å². The minimum Gasteiger partial charge on any atom is -0.463 e. The molecule has 1 rings (SSSR count). The molecule has 0 radical (unpaired) electrons. The van der Waals surface area contributed by atoms with Gasteiger partial charge in [0.05, 0.1) is 25.2 Å². The Morgan fingerprint density at radius 1 is 0.960 bits per heavy atom. The normalized spacial score (nSPS) is 32.7. The number of ether oxygens (including phenoxy) is 6. The van der Waals surface area contributed by atoms with Crippen molar-refractivity contribution in [2.75, 3.05) is 20.8 Å². The van der Waals surface area contributed by atoms with Crippen LogP contribution in [0.5, 0.6) is 0 Å². The molecule has 1 saturated heterocycles. The quantitative estimate of drug-likeness (QED) is 0.633. The van der Waals surface area contributed by atoms with E-state index >= 15 is 0 Å². The van der Waals surface area contributed by atoms with Crippen LogP contribution in [-0.2, 0) is 38.0 Å². The molecule has 146 valence electrons. The fraction of sp³-hybridized carbons (Fsp3) is 0.882. The Hall–Kier alpha value is -1.22. The van der Waals surface area contributed by atoms with Crippen molar-refractivity contribution in [3.05, 3.63) is 0 Å². The number of methoxy groups -OCH3 is 2. The number of carbonyl (C=O) groups excluding carboxylic acids is 2. The Kier molecular flexibility index (Phi) is 6.97. The lowest BCUT2D eigenvalue weighted by Gasteiger charge is -2.52. The predicted molar refractivity (Wildman–Crippen MR) is 87.7 cm³/mol. The van der Waals surface area contributed by atoms with Crippen LogP contribution in [0.25, 0.3) is 0 Å². The molecule has 0 aromatic heterocycles. The van der Waals surface area contributed by atoms with Gasteiger partial charge in [-0.3, -0.25) is 4.79 Å². The highest BCUT2D eigenvalue weighted by Crippen LogP contribution is 2.42. The van der Waals surface area contributed by atoms with Gasteiger partial charge >= 0.3 is 11.9 Å². The molecule has 8 heteroatoms. The highest BCUT2D eigenvalue weighted by molar-refractivity contribution is 5.86. The van der Waals surface area contributed by atoms with Crippen molar-refractivity contribution in [1.29, 1.82) is 0 Å². The maximum absolute atomic E-state index is 12.7. The van der Waals surface area contributed by atoms with Gasteiger partial charge in [0.15, 0.2) is 0 Å². The maximum Gasteiger partial charge on any atom is 0.341 e. The number of carbonyl (C=O) groups is 2. The van der Waals surface area contributed by atoms with Crippen LogP contribution in [0.15, 0.2) is 0 Å². The van der Waals surface area contributed by atoms with Gasteiger partial charge in [-0.15, -0.1) is 0 Å². The van der Waals surface area contributed by atoms with Crippen molar-refractivity contribution in [2.24, 2.45) is 0 Å². The monoisotopic (exact) mass is 362 g/mol. The molecular weight excluding hydrogens is 332 g/mol. The van der Waals surface area contributed by atoms with Gasteiger partial charge in [-0.25, -0.2) is 4.79 Å². The van der Waals surface area contributed by atoms with Gasteiger partial charge in [-0.2, -0.15) is 0 Å². The van der Waals surface area contributed by atoms with Crippen LogP contribution in [0, 0.1) is 0 Å². The average molecular weight is 362 g/mol. The average Bonchev–Trinajstić information content (AvgIpc) is 2.49. The van der Waals surface area contributed by atoms with E-state index < -0.39 is 35.2 Å². The molecule has 1 fully saturated rings. The van der Waals surface area contributed by atoms with Crippen molar-refractivity contribution in [3.8, 4) is 0 Å². The summed E-state index contributed by atoms with van der Waals surface area (Å²) < 4.78 is 33.0. The molecule has 8 nitrogen and oxygen atoms in total. The predicted octanol–water partition coefficient (Wildman–Crippen LogP) is 1.79. The minimum atomic E-state index is -1.70. The van der Waals surface area contributed by atoms with Crippen molar-refractivity contribution in [1.82, 2.24) is 0 Å². The largest absolute Gasteiger partial charge is 0.463 e. The molecule has 0 unspecified atom stereocenters. The Morgan fingerprint density at radius 3 is 1.92 bits per heavy atom. The summed E-state index contributed by atoms with van der Waals surface area (Å²) in [7, 11) is 2.84. The fourth-order valence-corrected chi connectivity index (χ4v) is 2.47. The molecule has 0 amide bonds. The highest BCUT2D eigenvalue weighted by atomic mass is 16.8. The van der Waals surface area contributed by atoms with Crippen LogP contribution >= 0.6 is 0 Å². The zero-order valence-electron chi connectivity index (χ0n) is 16.3. The summed E-state index contributed by atoms with van der Waals surface area (Å²) in [6, 6.07) is 0.